The van der Waals surface area contributed by atoms with Crippen LogP contribution in [0.3, 0.4) is 0 Å². The maximum Gasteiger partial charge on any atom is 0.258 e. The molecule has 2 aromatic carbocycles. The first-order valence-electron chi connectivity index (χ1n) is 11.4. The Kier molecular flexibility index (Phi) is 7.60. The van der Waals surface area contributed by atoms with Crippen LogP contribution in [0, 0.1) is 0 Å². The lowest BCUT2D eigenvalue weighted by Crippen LogP contribution is -2.50. The number of benzene rings is 2. The average Bonchev–Trinajstić information content (AvgIpc) is 2.66. The molecule has 0 heterocycles. The van der Waals surface area contributed by atoms with Crippen molar-refractivity contribution in [3.63, 3.8) is 0 Å². The minimum atomic E-state index is -1.92. The Morgan fingerprint density at radius 3 is 1.64 bits per heavy atom. The second kappa shape index (κ2) is 9.17. The Hall–Kier alpha value is -1.07. The Labute approximate surface area is 176 Å². The van der Waals surface area contributed by atoms with Gasteiger partial charge in [0.25, 0.3) is 8.32 Å². The fourth-order valence-electron chi connectivity index (χ4n) is 5.54. The van der Waals surface area contributed by atoms with Crippen molar-refractivity contribution in [2.24, 2.45) is 0 Å². The van der Waals surface area contributed by atoms with Gasteiger partial charge < -0.3 is 4.43 Å². The second-order valence-electron chi connectivity index (χ2n) is 9.48. The fraction of sp³-hybridized carbons (Fsp3) is 0.600. The van der Waals surface area contributed by atoms with Crippen LogP contribution >= 0.6 is 0 Å². The van der Waals surface area contributed by atoms with Crippen molar-refractivity contribution in [1.29, 1.82) is 0 Å². The standard InChI is InChI=1S/C25H42OSi2/c1-10-27(11-2,12-3)25-16-14-22-13-15-24(17-23(22)18-25)26-28(19(4)5,20(6)7)21(8)9/h13-21H,10-12H2,1-9H3. The van der Waals surface area contributed by atoms with Gasteiger partial charge in [-0.05, 0) is 39.5 Å². The quantitative estimate of drug-likeness (QED) is 0.376. The number of fused-ring (bicyclic) bond motifs is 1. The SMILES string of the molecule is CC[Si](CC)(CC)c1ccc2ccc(O[Si](C(C)C)(C(C)C)C(C)C)cc2c1. The molecule has 0 N–H and O–H groups in total. The minimum Gasteiger partial charge on any atom is -0.543 e. The predicted molar refractivity (Wildman–Crippen MR) is 132 cm³/mol. The van der Waals surface area contributed by atoms with Crippen LogP contribution in [-0.2, 0) is 0 Å². The van der Waals surface area contributed by atoms with Crippen molar-refractivity contribution < 1.29 is 4.43 Å². The van der Waals surface area contributed by atoms with Gasteiger partial charge in [0, 0.05) is 0 Å². The number of hydrogen-bond donors (Lipinski definition) is 0. The summed E-state index contributed by atoms with van der Waals surface area (Å²) in [5.41, 5.74) is 1.78. The second-order valence-corrected chi connectivity index (χ2v) is 20.1. The summed E-state index contributed by atoms with van der Waals surface area (Å²) in [7, 11) is -3.28. The van der Waals surface area contributed by atoms with E-state index in [4.69, 9.17) is 4.43 Å². The van der Waals surface area contributed by atoms with Crippen LogP contribution in [0.15, 0.2) is 36.4 Å². The molecule has 0 spiro atoms. The van der Waals surface area contributed by atoms with E-state index in [1.165, 1.54) is 28.9 Å². The summed E-state index contributed by atoms with van der Waals surface area (Å²) >= 11 is 0. The molecule has 0 aromatic heterocycles. The van der Waals surface area contributed by atoms with Gasteiger partial charge in [0.1, 0.15) is 5.75 Å². The van der Waals surface area contributed by atoms with Crippen molar-refractivity contribution >= 4 is 32.4 Å². The van der Waals surface area contributed by atoms with Gasteiger partial charge in [-0.2, -0.15) is 0 Å². The van der Waals surface area contributed by atoms with E-state index in [1.54, 1.807) is 5.19 Å². The van der Waals surface area contributed by atoms with Crippen molar-refractivity contribution in [2.75, 3.05) is 0 Å². The van der Waals surface area contributed by atoms with E-state index >= 15 is 0 Å². The highest BCUT2D eigenvalue weighted by Crippen LogP contribution is 2.43. The molecule has 1 nitrogen and oxygen atoms in total. The molecular weight excluding hydrogens is 372 g/mol. The van der Waals surface area contributed by atoms with Gasteiger partial charge in [0.15, 0.2) is 0 Å². The van der Waals surface area contributed by atoms with Gasteiger partial charge in [-0.3, -0.25) is 0 Å². The van der Waals surface area contributed by atoms with Crippen molar-refractivity contribution in [3.8, 4) is 5.75 Å². The fourth-order valence-corrected chi connectivity index (χ4v) is 14.4. The molecule has 28 heavy (non-hydrogen) atoms. The Morgan fingerprint density at radius 1 is 0.679 bits per heavy atom. The van der Waals surface area contributed by atoms with Gasteiger partial charge in [-0.25, -0.2) is 0 Å². The summed E-state index contributed by atoms with van der Waals surface area (Å²) < 4.78 is 6.95. The first-order valence-corrected chi connectivity index (χ1v) is 16.2. The Balaban J connectivity index is 2.53. The van der Waals surface area contributed by atoms with E-state index in [9.17, 15) is 0 Å². The summed E-state index contributed by atoms with van der Waals surface area (Å²) in [4.78, 5) is 0. The molecule has 0 aliphatic carbocycles. The molecule has 156 valence electrons. The summed E-state index contributed by atoms with van der Waals surface area (Å²) in [5.74, 6) is 1.07. The molecule has 0 aliphatic rings. The van der Waals surface area contributed by atoms with Gasteiger partial charge in [0.2, 0.25) is 0 Å². The highest BCUT2D eigenvalue weighted by molar-refractivity contribution is 6.91. The molecule has 0 radical (unpaired) electrons. The highest BCUT2D eigenvalue weighted by Gasteiger charge is 2.47. The average molecular weight is 415 g/mol. The van der Waals surface area contributed by atoms with E-state index in [1.807, 2.05) is 0 Å². The zero-order valence-electron chi connectivity index (χ0n) is 19.7. The largest absolute Gasteiger partial charge is 0.543 e. The molecule has 0 unspecified atom stereocenters. The van der Waals surface area contributed by atoms with E-state index in [0.717, 1.165) is 5.75 Å². The summed E-state index contributed by atoms with van der Waals surface area (Å²) in [6.45, 7) is 21.3. The maximum atomic E-state index is 6.95. The maximum absolute atomic E-state index is 6.95. The molecule has 0 saturated carbocycles. The van der Waals surface area contributed by atoms with Gasteiger partial charge in [-0.1, -0.05) is 110 Å². The Bertz CT molecular complexity index is 745. The van der Waals surface area contributed by atoms with Crippen LogP contribution in [0.5, 0.6) is 5.75 Å². The van der Waals surface area contributed by atoms with Crippen molar-refractivity contribution in [2.45, 2.75) is 97.1 Å². The van der Waals surface area contributed by atoms with Crippen LogP contribution in [0.25, 0.3) is 10.8 Å². The smallest absolute Gasteiger partial charge is 0.258 e. The van der Waals surface area contributed by atoms with E-state index in [-0.39, 0.29) is 0 Å². The van der Waals surface area contributed by atoms with E-state index in [0.29, 0.717) is 16.6 Å². The molecule has 0 atom stereocenters. The normalized spacial score (nSPS) is 13.1. The Morgan fingerprint density at radius 2 is 1.18 bits per heavy atom. The minimum absolute atomic E-state index is 0.592. The van der Waals surface area contributed by atoms with Crippen molar-refractivity contribution in [1.82, 2.24) is 0 Å². The first-order chi connectivity index (χ1) is 13.2. The van der Waals surface area contributed by atoms with Crippen LogP contribution in [-0.4, -0.2) is 16.4 Å². The lowest BCUT2D eigenvalue weighted by molar-refractivity contribution is 0.480. The molecule has 2 aromatic rings. The zero-order valence-corrected chi connectivity index (χ0v) is 21.7. The van der Waals surface area contributed by atoms with Crippen LogP contribution in [0.1, 0.15) is 62.3 Å². The molecule has 0 fully saturated rings. The van der Waals surface area contributed by atoms with Crippen molar-refractivity contribution in [3.05, 3.63) is 36.4 Å². The van der Waals surface area contributed by atoms with Crippen LogP contribution in [0.2, 0.25) is 34.8 Å². The third-order valence-electron chi connectivity index (χ3n) is 7.46. The van der Waals surface area contributed by atoms with Gasteiger partial charge in [-0.15, -0.1) is 0 Å². The third kappa shape index (κ3) is 4.11. The molecule has 0 bridgehead atoms. The van der Waals surface area contributed by atoms with Crippen LogP contribution < -0.4 is 9.61 Å². The lowest BCUT2D eigenvalue weighted by Gasteiger charge is -2.42. The molecule has 0 aliphatic heterocycles. The van der Waals surface area contributed by atoms with Crippen LogP contribution in [0.4, 0.5) is 0 Å². The summed E-state index contributed by atoms with van der Waals surface area (Å²) in [6, 6.07) is 17.9. The molecular formula is C25H42OSi2. The summed E-state index contributed by atoms with van der Waals surface area (Å²) in [5, 5.41) is 4.29. The third-order valence-corrected chi connectivity index (χ3v) is 19.1. The lowest BCUT2D eigenvalue weighted by atomic mass is 10.1. The summed E-state index contributed by atoms with van der Waals surface area (Å²) in [6.07, 6.45) is 0. The predicted octanol–water partition coefficient (Wildman–Crippen LogP) is 8.11. The molecule has 2 rings (SSSR count). The molecule has 0 amide bonds. The zero-order chi connectivity index (χ0) is 21.1. The number of hydrogen-bond acceptors (Lipinski definition) is 1. The first kappa shape index (κ1) is 23.2. The topological polar surface area (TPSA) is 9.23 Å². The molecule has 3 heteroatoms. The van der Waals surface area contributed by atoms with E-state index in [2.05, 4.69) is 98.7 Å². The van der Waals surface area contributed by atoms with E-state index < -0.39 is 16.4 Å². The van der Waals surface area contributed by atoms with Gasteiger partial charge >= 0.3 is 0 Å². The molecule has 0 saturated heterocycles. The van der Waals surface area contributed by atoms with Gasteiger partial charge in [0.05, 0.1) is 8.07 Å². The highest BCUT2D eigenvalue weighted by atomic mass is 28.4. The number of rotatable bonds is 9. The monoisotopic (exact) mass is 414 g/mol.